The average molecular weight is 200 g/mol. The second-order valence-electron chi connectivity index (χ2n) is 2.23. The number of carboxylic acid groups (broad SMARTS) is 1. The summed E-state index contributed by atoms with van der Waals surface area (Å²) in [5.74, 6) is -0.751. The monoisotopic (exact) mass is 199 g/mol. The van der Waals surface area contributed by atoms with Gasteiger partial charge in [-0.2, -0.15) is 0 Å². The molecular weight excluding hydrogens is 189 g/mol. The van der Waals surface area contributed by atoms with Crippen LogP contribution in [-0.4, -0.2) is 21.6 Å². The fourth-order valence-corrected chi connectivity index (χ4v) is 0.923. The molecule has 0 aromatic rings. The summed E-state index contributed by atoms with van der Waals surface area (Å²) >= 11 is 10.6. The summed E-state index contributed by atoms with van der Waals surface area (Å²) < 4.78 is 1.06. The predicted molar refractivity (Wildman–Crippen MR) is 44.5 cm³/mol. The number of halogens is 2. The smallest absolute Gasteiger partial charge is 0.303 e. The van der Waals surface area contributed by atoms with Crippen LogP contribution >= 0.6 is 23.6 Å². The molecule has 0 aliphatic carbocycles. The van der Waals surface area contributed by atoms with E-state index >= 15 is 0 Å². The Kier molecular flexibility index (Phi) is 6.71. The molecule has 1 N–H and O–H groups in total. The molecule has 11 heavy (non-hydrogen) atoms. The van der Waals surface area contributed by atoms with Gasteiger partial charge in [-0.25, -0.2) is 0 Å². The van der Waals surface area contributed by atoms with Gasteiger partial charge in [-0.15, -0.1) is 3.94 Å². The van der Waals surface area contributed by atoms with Crippen molar-refractivity contribution in [2.75, 3.05) is 6.54 Å². The Morgan fingerprint density at radius 3 is 2.36 bits per heavy atom. The summed E-state index contributed by atoms with van der Waals surface area (Å²) in [5, 5.41) is 8.26. The maximum absolute atomic E-state index is 10.0. The first-order valence-electron chi connectivity index (χ1n) is 3.44. The fraction of sp³-hybridized carbons (Fsp3) is 0.833. The van der Waals surface area contributed by atoms with E-state index in [2.05, 4.69) is 0 Å². The zero-order chi connectivity index (χ0) is 8.69. The molecule has 0 fully saturated rings. The Balaban J connectivity index is 2.97. The molecule has 0 rings (SSSR count). The minimum Gasteiger partial charge on any atom is -0.481 e. The molecule has 0 aromatic heterocycles. The number of aliphatic carboxylic acids is 1. The van der Waals surface area contributed by atoms with E-state index in [0.717, 1.165) is 16.8 Å². The van der Waals surface area contributed by atoms with Crippen molar-refractivity contribution in [3.05, 3.63) is 0 Å². The van der Waals surface area contributed by atoms with E-state index in [-0.39, 0.29) is 6.42 Å². The van der Waals surface area contributed by atoms with Gasteiger partial charge in [-0.05, 0) is 36.4 Å². The van der Waals surface area contributed by atoms with Crippen LogP contribution in [0.5, 0.6) is 0 Å². The van der Waals surface area contributed by atoms with E-state index in [1.807, 2.05) is 0 Å². The second-order valence-corrected chi connectivity index (χ2v) is 3.22. The van der Waals surface area contributed by atoms with Crippen LogP contribution in [0, 0.1) is 0 Å². The van der Waals surface area contributed by atoms with Crippen molar-refractivity contribution in [1.82, 2.24) is 3.94 Å². The molecule has 5 heteroatoms. The van der Waals surface area contributed by atoms with Crippen LogP contribution in [0.2, 0.25) is 0 Å². The molecule has 0 saturated carbocycles. The van der Waals surface area contributed by atoms with Crippen molar-refractivity contribution < 1.29 is 9.90 Å². The maximum Gasteiger partial charge on any atom is 0.303 e. The quantitative estimate of drug-likeness (QED) is 0.528. The third kappa shape index (κ3) is 10.0. The van der Waals surface area contributed by atoms with Gasteiger partial charge in [0, 0.05) is 13.0 Å². The average Bonchev–Trinajstić information content (AvgIpc) is 1.85. The zero-order valence-corrected chi connectivity index (χ0v) is 7.61. The highest BCUT2D eigenvalue weighted by Gasteiger charge is 1.97. The van der Waals surface area contributed by atoms with Gasteiger partial charge in [0.05, 0.1) is 0 Å². The maximum atomic E-state index is 10.0. The molecule has 0 atom stereocenters. The first-order chi connectivity index (χ1) is 5.13. The summed E-state index contributed by atoms with van der Waals surface area (Å²) in [5.41, 5.74) is 0. The highest BCUT2D eigenvalue weighted by atomic mass is 35.5. The predicted octanol–water partition coefficient (Wildman–Crippen LogP) is 2.24. The molecule has 0 aliphatic rings. The Morgan fingerprint density at radius 2 is 1.91 bits per heavy atom. The zero-order valence-electron chi connectivity index (χ0n) is 6.09. The molecule has 0 saturated heterocycles. The van der Waals surface area contributed by atoms with E-state index in [1.54, 1.807) is 0 Å². The second kappa shape index (κ2) is 6.70. The van der Waals surface area contributed by atoms with Gasteiger partial charge in [0.2, 0.25) is 0 Å². The Bertz CT molecular complexity index is 119. The van der Waals surface area contributed by atoms with Crippen LogP contribution in [-0.2, 0) is 4.79 Å². The number of carbonyl (C=O) groups is 1. The van der Waals surface area contributed by atoms with Crippen molar-refractivity contribution in [3.8, 4) is 0 Å². The molecule has 0 bridgehead atoms. The van der Waals surface area contributed by atoms with Crippen molar-refractivity contribution in [3.63, 3.8) is 0 Å². The van der Waals surface area contributed by atoms with Crippen molar-refractivity contribution in [1.29, 1.82) is 0 Å². The molecule has 0 unspecified atom stereocenters. The van der Waals surface area contributed by atoms with Crippen molar-refractivity contribution >= 4 is 29.5 Å². The van der Waals surface area contributed by atoms with Crippen LogP contribution in [0.15, 0.2) is 0 Å². The SMILES string of the molecule is O=C(O)CCCCCN(Cl)Cl. The summed E-state index contributed by atoms with van der Waals surface area (Å²) in [7, 11) is 0. The summed E-state index contributed by atoms with van der Waals surface area (Å²) in [6, 6.07) is 0. The summed E-state index contributed by atoms with van der Waals surface area (Å²) in [4.78, 5) is 10.0. The van der Waals surface area contributed by atoms with Gasteiger partial charge in [-0.1, -0.05) is 6.42 Å². The summed E-state index contributed by atoms with van der Waals surface area (Å²) in [6.07, 6.45) is 2.60. The minimum absolute atomic E-state index is 0.227. The Hall–Kier alpha value is 0.01000. The third-order valence-corrected chi connectivity index (χ3v) is 1.56. The number of nitrogens with zero attached hydrogens (tertiary/aromatic N) is 1. The van der Waals surface area contributed by atoms with Crippen LogP contribution < -0.4 is 0 Å². The number of carboxylic acids is 1. The molecule has 66 valence electrons. The molecule has 0 heterocycles. The highest BCUT2D eigenvalue weighted by molar-refractivity contribution is 6.33. The van der Waals surface area contributed by atoms with Crippen molar-refractivity contribution in [2.24, 2.45) is 0 Å². The van der Waals surface area contributed by atoms with Gasteiger partial charge in [0.15, 0.2) is 0 Å². The van der Waals surface area contributed by atoms with Gasteiger partial charge >= 0.3 is 5.97 Å². The topological polar surface area (TPSA) is 40.5 Å². The Labute approximate surface area is 76.1 Å². The minimum atomic E-state index is -0.751. The normalized spacial score (nSPS) is 10.5. The fourth-order valence-electron chi connectivity index (χ4n) is 0.684. The number of hydrogen-bond donors (Lipinski definition) is 1. The number of rotatable bonds is 6. The van der Waals surface area contributed by atoms with Crippen molar-refractivity contribution in [2.45, 2.75) is 25.7 Å². The van der Waals surface area contributed by atoms with Gasteiger partial charge in [-0.3, -0.25) is 4.79 Å². The number of hydrogen-bond acceptors (Lipinski definition) is 2. The molecule has 0 aromatic carbocycles. The summed E-state index contributed by atoms with van der Waals surface area (Å²) in [6.45, 7) is 0.586. The van der Waals surface area contributed by atoms with Gasteiger partial charge in [0.25, 0.3) is 0 Å². The molecular formula is C6H11Cl2NO2. The Morgan fingerprint density at radius 1 is 1.27 bits per heavy atom. The molecule has 0 aliphatic heterocycles. The molecule has 0 amide bonds. The lowest BCUT2D eigenvalue weighted by atomic mass is 10.2. The van der Waals surface area contributed by atoms with Crippen LogP contribution in [0.25, 0.3) is 0 Å². The van der Waals surface area contributed by atoms with E-state index in [0.29, 0.717) is 13.0 Å². The van der Waals surface area contributed by atoms with E-state index in [9.17, 15) is 4.79 Å². The lowest BCUT2D eigenvalue weighted by Gasteiger charge is -2.01. The van der Waals surface area contributed by atoms with E-state index in [1.165, 1.54) is 0 Å². The van der Waals surface area contributed by atoms with Crippen LogP contribution in [0.1, 0.15) is 25.7 Å². The lowest BCUT2D eigenvalue weighted by Crippen LogP contribution is -2.00. The first kappa shape index (κ1) is 11.0. The van der Waals surface area contributed by atoms with Gasteiger partial charge < -0.3 is 5.11 Å². The van der Waals surface area contributed by atoms with E-state index in [4.69, 9.17) is 28.7 Å². The lowest BCUT2D eigenvalue weighted by molar-refractivity contribution is -0.137. The third-order valence-electron chi connectivity index (χ3n) is 1.22. The largest absolute Gasteiger partial charge is 0.481 e. The molecule has 0 spiro atoms. The van der Waals surface area contributed by atoms with Crippen LogP contribution in [0.4, 0.5) is 0 Å². The van der Waals surface area contributed by atoms with E-state index < -0.39 is 5.97 Å². The van der Waals surface area contributed by atoms with Gasteiger partial charge in [0.1, 0.15) is 0 Å². The highest BCUT2D eigenvalue weighted by Crippen LogP contribution is 2.05. The van der Waals surface area contributed by atoms with Crippen LogP contribution in [0.3, 0.4) is 0 Å². The first-order valence-corrected chi connectivity index (χ1v) is 4.11. The number of unbranched alkanes of at least 4 members (excludes halogenated alkanes) is 2. The molecule has 3 nitrogen and oxygen atoms in total. The molecule has 0 radical (unpaired) electrons. The standard InChI is InChI=1S/C6H11Cl2NO2/c7-9(8)5-3-1-2-4-6(10)11/h1-5H2,(H,10,11).